The quantitative estimate of drug-likeness (QED) is 0.476. The highest BCUT2D eigenvalue weighted by Crippen LogP contribution is 2.36. The zero-order chi connectivity index (χ0) is 13.1. The van der Waals surface area contributed by atoms with Crippen molar-refractivity contribution in [2.75, 3.05) is 6.61 Å². The zero-order valence-electron chi connectivity index (χ0n) is 9.91. The van der Waals surface area contributed by atoms with Crippen molar-refractivity contribution in [2.45, 2.75) is 30.4 Å². The predicted molar refractivity (Wildman–Crippen MR) is 70.3 cm³/mol. The Balaban J connectivity index is 2.08. The number of nitrogens with zero attached hydrogens (tertiary/aromatic N) is 1. The smallest absolute Gasteiger partial charge is 0.310 e. The molecule has 6 heteroatoms. The highest BCUT2D eigenvalue weighted by molar-refractivity contribution is 9.09. The van der Waals surface area contributed by atoms with E-state index in [9.17, 15) is 10.1 Å². The van der Waals surface area contributed by atoms with Crippen molar-refractivity contribution in [1.82, 2.24) is 0 Å². The van der Waals surface area contributed by atoms with E-state index in [4.69, 9.17) is 9.47 Å². The molecule has 1 aliphatic rings. The van der Waals surface area contributed by atoms with Gasteiger partial charge < -0.3 is 9.47 Å². The maximum atomic E-state index is 10.9. The molecule has 0 aromatic heterocycles. The Morgan fingerprint density at radius 2 is 2.22 bits per heavy atom. The van der Waals surface area contributed by atoms with Gasteiger partial charge in [0.1, 0.15) is 12.2 Å². The van der Waals surface area contributed by atoms with Gasteiger partial charge in [-0.25, -0.2) is 0 Å². The van der Waals surface area contributed by atoms with Crippen LogP contribution in [0, 0.1) is 10.1 Å². The predicted octanol–water partition coefficient (Wildman–Crippen LogP) is 2.91. The summed E-state index contributed by atoms with van der Waals surface area (Å²) in [4.78, 5) is 10.7. The van der Waals surface area contributed by atoms with Crippen LogP contribution < -0.4 is 4.74 Å². The highest BCUT2D eigenvalue weighted by atomic mass is 79.9. The second-order valence-corrected chi connectivity index (χ2v) is 5.23. The number of nitro benzene ring substituents is 1. The van der Waals surface area contributed by atoms with Crippen LogP contribution in [0.4, 0.5) is 5.69 Å². The molecule has 0 amide bonds. The van der Waals surface area contributed by atoms with Gasteiger partial charge in [-0.15, -0.1) is 0 Å². The van der Waals surface area contributed by atoms with Crippen LogP contribution in [0.2, 0.25) is 0 Å². The van der Waals surface area contributed by atoms with Crippen LogP contribution >= 0.6 is 15.9 Å². The zero-order valence-corrected chi connectivity index (χ0v) is 11.5. The van der Waals surface area contributed by atoms with Crippen LogP contribution in [0.1, 0.15) is 13.3 Å². The minimum atomic E-state index is -0.435. The molecule has 1 fully saturated rings. The van der Waals surface area contributed by atoms with E-state index in [2.05, 4.69) is 15.9 Å². The molecule has 1 saturated carbocycles. The largest absolute Gasteiger partial charge is 0.481 e. The summed E-state index contributed by atoms with van der Waals surface area (Å²) in [7, 11) is 0. The lowest BCUT2D eigenvalue weighted by Crippen LogP contribution is -2.52. The molecule has 0 radical (unpaired) electrons. The number of rotatable bonds is 5. The molecule has 2 rings (SSSR count). The molecule has 3 atom stereocenters. The minimum Gasteiger partial charge on any atom is -0.481 e. The van der Waals surface area contributed by atoms with Crippen LogP contribution in [0.3, 0.4) is 0 Å². The monoisotopic (exact) mass is 315 g/mol. The molecule has 0 heterocycles. The molecule has 0 N–H and O–H groups in total. The van der Waals surface area contributed by atoms with Gasteiger partial charge >= 0.3 is 5.69 Å². The fourth-order valence-corrected chi connectivity index (χ4v) is 2.78. The number of hydrogen-bond acceptors (Lipinski definition) is 4. The van der Waals surface area contributed by atoms with E-state index in [0.29, 0.717) is 12.4 Å². The summed E-state index contributed by atoms with van der Waals surface area (Å²) in [5.41, 5.74) is -0.00855. The van der Waals surface area contributed by atoms with Crippen LogP contribution in [0.5, 0.6) is 5.75 Å². The van der Waals surface area contributed by atoms with Crippen molar-refractivity contribution in [3.05, 3.63) is 34.4 Å². The first-order valence-electron chi connectivity index (χ1n) is 5.79. The summed E-state index contributed by atoms with van der Waals surface area (Å²) in [5, 5.41) is 10.9. The lowest BCUT2D eigenvalue weighted by molar-refractivity contribution is -0.386. The van der Waals surface area contributed by atoms with Gasteiger partial charge in [-0.2, -0.15) is 0 Å². The van der Waals surface area contributed by atoms with E-state index in [1.807, 2.05) is 6.92 Å². The number of alkyl halides is 1. The fraction of sp³-hybridized carbons (Fsp3) is 0.500. The first kappa shape index (κ1) is 13.3. The number of benzene rings is 1. The van der Waals surface area contributed by atoms with Gasteiger partial charge in [-0.1, -0.05) is 28.1 Å². The van der Waals surface area contributed by atoms with Crippen LogP contribution in [0.15, 0.2) is 24.3 Å². The van der Waals surface area contributed by atoms with Crippen molar-refractivity contribution >= 4 is 21.6 Å². The first-order chi connectivity index (χ1) is 8.63. The van der Waals surface area contributed by atoms with Crippen molar-refractivity contribution in [3.63, 3.8) is 0 Å². The number of para-hydroxylation sites is 2. The van der Waals surface area contributed by atoms with Crippen molar-refractivity contribution < 1.29 is 14.4 Å². The third-order valence-corrected chi connectivity index (χ3v) is 3.77. The van der Waals surface area contributed by atoms with Gasteiger partial charge in [0.25, 0.3) is 0 Å². The molecule has 1 aromatic carbocycles. The summed E-state index contributed by atoms with van der Waals surface area (Å²) in [6.45, 7) is 2.52. The SMILES string of the molecule is CCOC1C(Br)CC1Oc1ccccc1[N+](=O)[O-]. The van der Waals surface area contributed by atoms with E-state index in [-0.39, 0.29) is 22.7 Å². The van der Waals surface area contributed by atoms with Crippen molar-refractivity contribution in [2.24, 2.45) is 0 Å². The summed E-state index contributed by atoms with van der Waals surface area (Å²) in [5.74, 6) is 0.302. The first-order valence-corrected chi connectivity index (χ1v) is 6.70. The summed E-state index contributed by atoms with van der Waals surface area (Å²) < 4.78 is 11.2. The maximum absolute atomic E-state index is 10.9. The van der Waals surface area contributed by atoms with E-state index < -0.39 is 4.92 Å². The minimum absolute atomic E-state index is 0.00855. The molecule has 1 aliphatic carbocycles. The molecule has 18 heavy (non-hydrogen) atoms. The van der Waals surface area contributed by atoms with Crippen LogP contribution in [0.25, 0.3) is 0 Å². The summed E-state index contributed by atoms with van der Waals surface area (Å²) in [6, 6.07) is 6.40. The normalized spacial score (nSPS) is 26.4. The lowest BCUT2D eigenvalue weighted by Gasteiger charge is -2.40. The molecule has 5 nitrogen and oxygen atoms in total. The lowest BCUT2D eigenvalue weighted by atomic mass is 9.91. The Bertz CT molecular complexity index is 440. The Hall–Kier alpha value is -1.14. The molecule has 0 aliphatic heterocycles. The van der Waals surface area contributed by atoms with E-state index in [1.165, 1.54) is 6.07 Å². The third kappa shape index (κ3) is 2.64. The molecular weight excluding hydrogens is 302 g/mol. The van der Waals surface area contributed by atoms with Gasteiger partial charge in [-0.05, 0) is 13.0 Å². The average Bonchev–Trinajstić information content (AvgIpc) is 2.36. The highest BCUT2D eigenvalue weighted by Gasteiger charge is 2.42. The van der Waals surface area contributed by atoms with Gasteiger partial charge in [0, 0.05) is 23.9 Å². The summed E-state index contributed by atoms with van der Waals surface area (Å²) in [6.07, 6.45) is 0.613. The standard InChI is InChI=1S/C12H14BrNO4/c1-2-17-12-8(13)7-11(12)18-10-6-4-3-5-9(10)14(15)16/h3-6,8,11-12H,2,7H2,1H3. The molecule has 0 spiro atoms. The Kier molecular flexibility index (Phi) is 4.19. The third-order valence-electron chi connectivity index (χ3n) is 2.88. The number of nitro groups is 1. The molecule has 1 aromatic rings. The number of halogens is 1. The van der Waals surface area contributed by atoms with E-state index >= 15 is 0 Å². The van der Waals surface area contributed by atoms with Crippen LogP contribution in [-0.4, -0.2) is 28.6 Å². The van der Waals surface area contributed by atoms with E-state index in [0.717, 1.165) is 6.42 Å². The Morgan fingerprint density at radius 1 is 1.50 bits per heavy atom. The topological polar surface area (TPSA) is 61.6 Å². The van der Waals surface area contributed by atoms with Gasteiger partial charge in [0.15, 0.2) is 5.75 Å². The van der Waals surface area contributed by atoms with Gasteiger partial charge in [0.2, 0.25) is 0 Å². The molecule has 0 saturated heterocycles. The van der Waals surface area contributed by atoms with Crippen LogP contribution in [-0.2, 0) is 4.74 Å². The maximum Gasteiger partial charge on any atom is 0.310 e. The number of ether oxygens (including phenoxy) is 2. The van der Waals surface area contributed by atoms with Gasteiger partial charge in [-0.3, -0.25) is 10.1 Å². The Labute approximate surface area is 113 Å². The molecule has 3 unspecified atom stereocenters. The van der Waals surface area contributed by atoms with Crippen molar-refractivity contribution in [1.29, 1.82) is 0 Å². The molecule has 0 bridgehead atoms. The van der Waals surface area contributed by atoms with E-state index in [1.54, 1.807) is 18.2 Å². The fourth-order valence-electron chi connectivity index (χ4n) is 1.92. The number of hydrogen-bond donors (Lipinski definition) is 0. The second kappa shape index (κ2) is 5.67. The van der Waals surface area contributed by atoms with Crippen molar-refractivity contribution in [3.8, 4) is 5.75 Å². The molecule has 98 valence electrons. The average molecular weight is 316 g/mol. The summed E-state index contributed by atoms with van der Waals surface area (Å²) >= 11 is 3.49. The second-order valence-electron chi connectivity index (χ2n) is 4.05. The van der Waals surface area contributed by atoms with Gasteiger partial charge in [0.05, 0.1) is 4.92 Å². The molecular formula is C12H14BrNO4. The Morgan fingerprint density at radius 3 is 2.83 bits per heavy atom.